The van der Waals surface area contributed by atoms with Crippen LogP contribution in [0.2, 0.25) is 0 Å². The lowest BCUT2D eigenvalue weighted by Crippen LogP contribution is -2.39. The Morgan fingerprint density at radius 3 is 2.80 bits per heavy atom. The zero-order valence-electron chi connectivity index (χ0n) is 8.19. The second-order valence-corrected chi connectivity index (χ2v) is 3.64. The van der Waals surface area contributed by atoms with Crippen molar-refractivity contribution < 1.29 is 9.59 Å². The van der Waals surface area contributed by atoms with Gasteiger partial charge in [-0.25, -0.2) is 0 Å². The van der Waals surface area contributed by atoms with Crippen LogP contribution in [0.25, 0.3) is 0 Å². The van der Waals surface area contributed by atoms with Crippen LogP contribution in [-0.4, -0.2) is 18.4 Å². The van der Waals surface area contributed by atoms with Gasteiger partial charge in [-0.2, -0.15) is 0 Å². The minimum Gasteiger partial charge on any atom is -0.368 e. The molecular formula is C11H12N2O2. The Morgan fingerprint density at radius 1 is 1.40 bits per heavy atom. The quantitative estimate of drug-likeness (QED) is 0.723. The normalized spacial score (nSPS) is 17.5. The highest BCUT2D eigenvalue weighted by atomic mass is 16.2. The maximum Gasteiger partial charge on any atom is 0.236 e. The first kappa shape index (κ1) is 9.71. The molecule has 0 saturated carbocycles. The summed E-state index contributed by atoms with van der Waals surface area (Å²) in [6.07, 6.45) is 0.751. The molecule has 1 aromatic carbocycles. The van der Waals surface area contributed by atoms with Crippen molar-refractivity contribution >= 4 is 11.8 Å². The topological polar surface area (TPSA) is 72.2 Å². The number of carbonyl (C=O) groups excluding carboxylic acids is 2. The smallest absolute Gasteiger partial charge is 0.236 e. The Hall–Kier alpha value is -1.84. The number of hydrogen-bond donors (Lipinski definition) is 2. The highest BCUT2D eigenvalue weighted by Gasteiger charge is 2.31. The molecule has 78 valence electrons. The molecule has 0 heterocycles. The summed E-state index contributed by atoms with van der Waals surface area (Å²) in [7, 11) is 0. The van der Waals surface area contributed by atoms with Crippen molar-refractivity contribution in [1.82, 2.24) is 5.32 Å². The Bertz CT molecular complexity index is 415. The molecule has 1 unspecified atom stereocenters. The van der Waals surface area contributed by atoms with Crippen molar-refractivity contribution in [3.05, 3.63) is 35.4 Å². The van der Waals surface area contributed by atoms with Gasteiger partial charge in [0, 0.05) is 0 Å². The number of primary amides is 1. The van der Waals surface area contributed by atoms with E-state index in [1.165, 1.54) is 5.56 Å². The number of nitrogens with two attached hydrogens (primary N) is 1. The summed E-state index contributed by atoms with van der Waals surface area (Å²) in [5.41, 5.74) is 7.20. The molecule has 4 heteroatoms. The first-order valence-corrected chi connectivity index (χ1v) is 4.82. The summed E-state index contributed by atoms with van der Waals surface area (Å²) < 4.78 is 0. The molecule has 0 aliphatic heterocycles. The van der Waals surface area contributed by atoms with Gasteiger partial charge in [-0.15, -0.1) is 0 Å². The molecular weight excluding hydrogens is 192 g/mol. The third-order valence-corrected chi connectivity index (χ3v) is 2.61. The molecule has 15 heavy (non-hydrogen) atoms. The van der Waals surface area contributed by atoms with E-state index < -0.39 is 5.91 Å². The molecule has 4 nitrogen and oxygen atoms in total. The van der Waals surface area contributed by atoms with E-state index in [4.69, 9.17) is 5.73 Å². The largest absolute Gasteiger partial charge is 0.368 e. The molecule has 3 N–H and O–H groups in total. The standard InChI is InChI=1S/C11H12N2O2/c12-10(14)6-13-11(15)9-5-7-3-1-2-4-8(7)9/h1-4,9H,5-6H2,(H2,12,14)(H,13,15). The average molecular weight is 204 g/mol. The van der Waals surface area contributed by atoms with Crippen molar-refractivity contribution in [3.63, 3.8) is 0 Å². The van der Waals surface area contributed by atoms with E-state index in [-0.39, 0.29) is 18.4 Å². The lowest BCUT2D eigenvalue weighted by atomic mass is 9.77. The Labute approximate surface area is 87.5 Å². The molecule has 1 atom stereocenters. The van der Waals surface area contributed by atoms with Crippen LogP contribution in [0.3, 0.4) is 0 Å². The number of amides is 2. The van der Waals surface area contributed by atoms with Crippen LogP contribution in [0.4, 0.5) is 0 Å². The van der Waals surface area contributed by atoms with Crippen LogP contribution in [0.15, 0.2) is 24.3 Å². The number of rotatable bonds is 3. The van der Waals surface area contributed by atoms with Crippen molar-refractivity contribution in [2.45, 2.75) is 12.3 Å². The first-order valence-electron chi connectivity index (χ1n) is 4.82. The minimum absolute atomic E-state index is 0.0858. The molecule has 1 aliphatic carbocycles. The minimum atomic E-state index is -0.518. The molecule has 0 aromatic heterocycles. The highest BCUT2D eigenvalue weighted by molar-refractivity contribution is 5.90. The van der Waals surface area contributed by atoms with Crippen LogP contribution in [-0.2, 0) is 16.0 Å². The third kappa shape index (κ3) is 1.83. The zero-order valence-corrected chi connectivity index (χ0v) is 8.19. The Morgan fingerprint density at radius 2 is 2.13 bits per heavy atom. The monoisotopic (exact) mass is 204 g/mol. The zero-order chi connectivity index (χ0) is 10.8. The number of fused-ring (bicyclic) bond motifs is 1. The molecule has 0 saturated heterocycles. The number of carbonyl (C=O) groups is 2. The van der Waals surface area contributed by atoms with Crippen molar-refractivity contribution in [2.24, 2.45) is 5.73 Å². The summed E-state index contributed by atoms with van der Waals surface area (Å²) in [6, 6.07) is 7.81. The van der Waals surface area contributed by atoms with E-state index in [0.29, 0.717) is 0 Å². The summed E-state index contributed by atoms with van der Waals surface area (Å²) >= 11 is 0. The maximum atomic E-state index is 11.6. The van der Waals surface area contributed by atoms with E-state index in [1.54, 1.807) is 0 Å². The number of nitrogens with one attached hydrogen (secondary N) is 1. The molecule has 1 aliphatic rings. The van der Waals surface area contributed by atoms with Crippen molar-refractivity contribution in [3.8, 4) is 0 Å². The fourth-order valence-electron chi connectivity index (χ4n) is 1.79. The van der Waals surface area contributed by atoms with Gasteiger partial charge in [0.1, 0.15) is 0 Å². The maximum absolute atomic E-state index is 11.6. The van der Waals surface area contributed by atoms with E-state index >= 15 is 0 Å². The molecule has 0 bridgehead atoms. The number of hydrogen-bond acceptors (Lipinski definition) is 2. The average Bonchev–Trinajstić information content (AvgIpc) is 2.17. The van der Waals surface area contributed by atoms with Gasteiger partial charge in [0.05, 0.1) is 12.5 Å². The van der Waals surface area contributed by atoms with Gasteiger partial charge < -0.3 is 11.1 Å². The third-order valence-electron chi connectivity index (χ3n) is 2.61. The predicted octanol–water partition coefficient (Wildman–Crippen LogP) is -0.0722. The van der Waals surface area contributed by atoms with Gasteiger partial charge in [-0.1, -0.05) is 24.3 Å². The molecule has 2 rings (SSSR count). The van der Waals surface area contributed by atoms with Gasteiger partial charge in [-0.05, 0) is 17.5 Å². The van der Waals surface area contributed by atoms with Crippen LogP contribution in [0.5, 0.6) is 0 Å². The summed E-state index contributed by atoms with van der Waals surface area (Å²) in [4.78, 5) is 22.1. The van der Waals surface area contributed by atoms with Crippen molar-refractivity contribution in [1.29, 1.82) is 0 Å². The SMILES string of the molecule is NC(=O)CNC(=O)C1Cc2ccccc21. The first-order chi connectivity index (χ1) is 7.18. The van der Waals surface area contributed by atoms with Gasteiger partial charge in [0.15, 0.2) is 0 Å². The van der Waals surface area contributed by atoms with Gasteiger partial charge in [-0.3, -0.25) is 9.59 Å². The van der Waals surface area contributed by atoms with E-state index in [9.17, 15) is 9.59 Å². The lowest BCUT2D eigenvalue weighted by molar-refractivity contribution is -0.126. The van der Waals surface area contributed by atoms with E-state index in [1.807, 2.05) is 24.3 Å². The predicted molar refractivity (Wildman–Crippen MR) is 55.1 cm³/mol. The molecule has 0 radical (unpaired) electrons. The molecule has 1 aromatic rings. The molecule has 0 fully saturated rings. The number of benzene rings is 1. The van der Waals surface area contributed by atoms with Gasteiger partial charge >= 0.3 is 0 Å². The second kappa shape index (κ2) is 3.73. The van der Waals surface area contributed by atoms with Crippen LogP contribution in [0, 0.1) is 0 Å². The fourth-order valence-corrected chi connectivity index (χ4v) is 1.79. The fraction of sp³-hybridized carbons (Fsp3) is 0.273. The van der Waals surface area contributed by atoms with Crippen LogP contribution >= 0.6 is 0 Å². The molecule has 2 amide bonds. The van der Waals surface area contributed by atoms with Crippen molar-refractivity contribution in [2.75, 3.05) is 6.54 Å². The highest BCUT2D eigenvalue weighted by Crippen LogP contribution is 2.34. The Kier molecular flexibility index (Phi) is 2.41. The van der Waals surface area contributed by atoms with Gasteiger partial charge in [0.2, 0.25) is 11.8 Å². The van der Waals surface area contributed by atoms with E-state index in [2.05, 4.69) is 5.32 Å². The summed E-state index contributed by atoms with van der Waals surface area (Å²) in [5, 5.41) is 2.51. The summed E-state index contributed by atoms with van der Waals surface area (Å²) in [6.45, 7) is -0.0858. The Balaban J connectivity index is 1.98. The summed E-state index contributed by atoms with van der Waals surface area (Å²) in [5.74, 6) is -0.746. The van der Waals surface area contributed by atoms with Gasteiger partial charge in [0.25, 0.3) is 0 Å². The van der Waals surface area contributed by atoms with Crippen LogP contribution < -0.4 is 11.1 Å². The second-order valence-electron chi connectivity index (χ2n) is 3.64. The van der Waals surface area contributed by atoms with Crippen LogP contribution in [0.1, 0.15) is 17.0 Å². The molecule has 0 spiro atoms. The lowest BCUT2D eigenvalue weighted by Gasteiger charge is -2.28. The van der Waals surface area contributed by atoms with E-state index in [0.717, 1.165) is 12.0 Å².